The first-order chi connectivity index (χ1) is 26.0. The van der Waals surface area contributed by atoms with Crippen molar-refractivity contribution in [3.05, 3.63) is 36.5 Å². The van der Waals surface area contributed by atoms with Crippen molar-refractivity contribution in [2.24, 2.45) is 29.6 Å². The summed E-state index contributed by atoms with van der Waals surface area (Å²) in [5, 5.41) is 15.2. The fourth-order valence-corrected chi connectivity index (χ4v) is 9.56. The Morgan fingerprint density at radius 2 is 1.77 bits per heavy atom. The molecule has 5 rings (SSSR count). The number of nitrogens with one attached hydrogen (secondary N) is 3. The number of carbonyl (C=O) groups is 5. The van der Waals surface area contributed by atoms with Crippen molar-refractivity contribution in [3.63, 3.8) is 0 Å². The van der Waals surface area contributed by atoms with Crippen LogP contribution in [-0.4, -0.2) is 108 Å². The van der Waals surface area contributed by atoms with Crippen LogP contribution < -0.4 is 15.4 Å². The number of ether oxygens (including phenoxy) is 2. The van der Waals surface area contributed by atoms with Gasteiger partial charge in [-0.1, -0.05) is 50.3 Å². The highest BCUT2D eigenvalue weighted by molar-refractivity contribution is 7.91. The zero-order valence-electron chi connectivity index (χ0n) is 31.9. The number of alkyl halides is 4. The van der Waals surface area contributed by atoms with Crippen LogP contribution >= 0.6 is 0 Å². The van der Waals surface area contributed by atoms with Gasteiger partial charge in [-0.25, -0.2) is 17.6 Å². The van der Waals surface area contributed by atoms with Crippen LogP contribution in [0.15, 0.2) is 36.5 Å². The van der Waals surface area contributed by atoms with Gasteiger partial charge in [-0.05, 0) is 70.6 Å². The van der Waals surface area contributed by atoms with E-state index in [1.54, 1.807) is 25.2 Å². The number of fused-ring (bicyclic) bond motifs is 2. The molecule has 0 radical (unpaired) electrons. The molecule has 2 aliphatic heterocycles. The van der Waals surface area contributed by atoms with Crippen LogP contribution in [0.1, 0.15) is 72.6 Å². The molecule has 19 heteroatoms. The van der Waals surface area contributed by atoms with Gasteiger partial charge >= 0.3 is 18.2 Å². The second kappa shape index (κ2) is 15.4. The summed E-state index contributed by atoms with van der Waals surface area (Å²) < 4.78 is 92.0. The molecule has 0 aromatic rings. The number of hydrogen-bond donors (Lipinski definition) is 4. The molecule has 2 saturated carbocycles. The molecule has 0 aromatic carbocycles. The molecule has 56 heavy (non-hydrogen) atoms. The van der Waals surface area contributed by atoms with Crippen LogP contribution in [0, 0.1) is 29.6 Å². The van der Waals surface area contributed by atoms with Gasteiger partial charge in [0.15, 0.2) is 0 Å². The van der Waals surface area contributed by atoms with Crippen molar-refractivity contribution in [3.8, 4) is 0 Å². The molecule has 4 N–H and O–H groups in total. The minimum Gasteiger partial charge on any atom is -0.481 e. The number of methoxy groups -OCH3 is 1. The van der Waals surface area contributed by atoms with E-state index in [0.717, 1.165) is 4.90 Å². The average molecular weight is 819 g/mol. The molecule has 3 aliphatic carbocycles. The molecular formula is C37H50F4N4O10S. The Labute approximate surface area is 322 Å². The Hall–Kier alpha value is -4.00. The third-order valence-corrected chi connectivity index (χ3v) is 14.2. The predicted molar refractivity (Wildman–Crippen MR) is 192 cm³/mol. The summed E-state index contributed by atoms with van der Waals surface area (Å²) in [7, 11) is -3.22. The lowest BCUT2D eigenvalue weighted by Gasteiger charge is -2.40. The lowest BCUT2D eigenvalue weighted by Crippen LogP contribution is -2.60. The minimum atomic E-state index is -4.96. The Bertz CT molecular complexity index is 1800. The van der Waals surface area contributed by atoms with E-state index in [9.17, 15) is 55.1 Å². The van der Waals surface area contributed by atoms with Crippen molar-refractivity contribution in [2.45, 2.75) is 112 Å². The number of carboxylic acid groups (broad SMARTS) is 1. The van der Waals surface area contributed by atoms with Gasteiger partial charge < -0.3 is 30.1 Å². The Morgan fingerprint density at radius 3 is 2.36 bits per heavy atom. The van der Waals surface area contributed by atoms with Crippen LogP contribution in [0.5, 0.6) is 0 Å². The number of aliphatic carboxylic acids is 1. The number of alkyl carbamates (subject to hydrolysis) is 1. The van der Waals surface area contributed by atoms with Crippen molar-refractivity contribution in [1.82, 2.24) is 20.3 Å². The molecule has 3 fully saturated rings. The van der Waals surface area contributed by atoms with Gasteiger partial charge in [-0.15, -0.1) is 0 Å². The summed E-state index contributed by atoms with van der Waals surface area (Å²) in [5.41, 5.74) is -6.36. The summed E-state index contributed by atoms with van der Waals surface area (Å²) in [6.45, 7) is 3.25. The Morgan fingerprint density at radius 1 is 1.09 bits per heavy atom. The summed E-state index contributed by atoms with van der Waals surface area (Å²) in [6, 6.07) is -3.01. The summed E-state index contributed by atoms with van der Waals surface area (Å²) in [6.07, 6.45) is 3.96. The average Bonchev–Trinajstić information content (AvgIpc) is 4.01. The third-order valence-electron chi connectivity index (χ3n) is 12.1. The number of nitrogens with zero attached hydrogens (tertiary/aromatic N) is 1. The molecule has 312 valence electrons. The molecule has 2 unspecified atom stereocenters. The van der Waals surface area contributed by atoms with Crippen LogP contribution in [0.3, 0.4) is 0 Å². The van der Waals surface area contributed by atoms with E-state index < -0.39 is 110 Å². The van der Waals surface area contributed by atoms with E-state index in [2.05, 4.69) is 10.6 Å². The van der Waals surface area contributed by atoms with Crippen molar-refractivity contribution in [2.75, 3.05) is 20.3 Å². The lowest BCUT2D eigenvalue weighted by atomic mass is 9.73. The highest BCUT2D eigenvalue weighted by atomic mass is 32.2. The number of allylic oxidation sites excluding steroid dienone is 3. The topological polar surface area (TPSA) is 198 Å². The predicted octanol–water partition coefficient (Wildman–Crippen LogP) is 3.69. The number of hydrogen-bond acceptors (Lipinski definition) is 9. The highest BCUT2D eigenvalue weighted by Crippen LogP contribution is 2.49. The summed E-state index contributed by atoms with van der Waals surface area (Å²) in [4.78, 5) is 69.9. The monoisotopic (exact) mass is 818 g/mol. The first-order valence-corrected chi connectivity index (χ1v) is 20.1. The van der Waals surface area contributed by atoms with Crippen LogP contribution in [0.25, 0.3) is 0 Å². The number of halogens is 4. The number of rotatable bonds is 9. The van der Waals surface area contributed by atoms with Crippen molar-refractivity contribution >= 4 is 39.8 Å². The number of carbonyl (C=O) groups excluding carboxylic acids is 4. The quantitative estimate of drug-likeness (QED) is 0.197. The molecule has 2 heterocycles. The molecule has 0 aromatic heterocycles. The normalized spacial score (nSPS) is 35.2. The zero-order chi connectivity index (χ0) is 41.6. The van der Waals surface area contributed by atoms with E-state index in [1.807, 2.05) is 11.6 Å². The summed E-state index contributed by atoms with van der Waals surface area (Å²) in [5.74, 6) is -7.86. The number of sulfonamides is 1. The molecule has 5 aliphatic rings. The summed E-state index contributed by atoms with van der Waals surface area (Å²) >= 11 is 0. The standard InChI is InChI=1S/C37H50F4N4O10S/c1-21-10-6-7-11-23-18-35(23,31(50)44-56(52,53)34(20-38)14-15-34)43-28(46)26-17-24(36(54-5)13-9-8-12-25(36)30(48)49)19-45(26)29(47)27(22(2)16-21)42-32(51)55-33(3,4)37(39,40)41/h7-9,11-13,21-27H,6,10,14-20H2,1-5H3,(H,42,51)(H,43,46)(H,44,50)(H,48,49)/b11-7-/t21-,22-,23-,24-,25?,26+,27+,35-,36?/m1/s1. The van der Waals surface area contributed by atoms with Gasteiger partial charge in [-0.3, -0.25) is 23.9 Å². The van der Waals surface area contributed by atoms with Crippen molar-refractivity contribution < 1.29 is 64.5 Å². The molecule has 1 saturated heterocycles. The highest BCUT2D eigenvalue weighted by Gasteiger charge is 2.64. The van der Waals surface area contributed by atoms with E-state index in [1.165, 1.54) is 25.3 Å². The Balaban J connectivity index is 1.55. The van der Waals surface area contributed by atoms with Gasteiger partial charge in [-0.2, -0.15) is 13.2 Å². The Kier molecular flexibility index (Phi) is 11.9. The molecule has 4 amide bonds. The van der Waals surface area contributed by atoms with Crippen LogP contribution in [0.4, 0.5) is 22.4 Å². The molecule has 14 nitrogen and oxygen atoms in total. The van der Waals surface area contributed by atoms with Crippen LogP contribution in [0.2, 0.25) is 0 Å². The van der Waals surface area contributed by atoms with Gasteiger partial charge in [0, 0.05) is 25.5 Å². The smallest absolute Gasteiger partial charge is 0.427 e. The van der Waals surface area contributed by atoms with E-state index in [-0.39, 0.29) is 38.1 Å². The first-order valence-electron chi connectivity index (χ1n) is 18.6. The minimum absolute atomic E-state index is 0.00458. The fourth-order valence-electron chi connectivity index (χ4n) is 8.14. The van der Waals surface area contributed by atoms with E-state index in [4.69, 9.17) is 9.47 Å². The second-order valence-electron chi connectivity index (χ2n) is 16.4. The van der Waals surface area contributed by atoms with E-state index >= 15 is 0 Å². The first kappa shape index (κ1) is 43.1. The van der Waals surface area contributed by atoms with Crippen LogP contribution in [-0.2, 0) is 38.7 Å². The largest absolute Gasteiger partial charge is 0.481 e. The number of carboxylic acids is 1. The number of amides is 4. The second-order valence-corrected chi connectivity index (χ2v) is 18.5. The van der Waals surface area contributed by atoms with Crippen molar-refractivity contribution in [1.29, 1.82) is 0 Å². The maximum atomic E-state index is 14.8. The maximum Gasteiger partial charge on any atom is 0.427 e. The SMILES string of the molecule is COC1([C@@H]2C[C@H]3C(=O)N[C@]4(C(=O)NS(=O)(=O)C5(CF)CC5)C[C@H]4/C=C\CC[C@@H](C)C[C@@H](C)[C@H](NC(=O)OC(C)(C)C(F)(F)F)C(=O)N3C2)C=CC=CC1C(=O)O. The molecule has 0 spiro atoms. The third kappa shape index (κ3) is 8.07. The van der Waals surface area contributed by atoms with E-state index in [0.29, 0.717) is 33.1 Å². The van der Waals surface area contributed by atoms with Gasteiger partial charge in [0.2, 0.25) is 27.4 Å². The molecule has 9 atom stereocenters. The van der Waals surface area contributed by atoms with Gasteiger partial charge in [0.25, 0.3) is 5.91 Å². The zero-order valence-corrected chi connectivity index (χ0v) is 32.7. The lowest BCUT2D eigenvalue weighted by molar-refractivity contribution is -0.244. The molecule has 0 bridgehead atoms. The molecular weight excluding hydrogens is 768 g/mol. The van der Waals surface area contributed by atoms with Gasteiger partial charge in [0.1, 0.15) is 40.6 Å². The van der Waals surface area contributed by atoms with Gasteiger partial charge in [0.05, 0.1) is 0 Å². The fraction of sp³-hybridized carbons (Fsp3) is 0.703. The maximum absolute atomic E-state index is 14.8.